The van der Waals surface area contributed by atoms with Crippen LogP contribution in [0.5, 0.6) is 0 Å². The molecule has 38 heavy (non-hydrogen) atoms. The zero-order valence-electron chi connectivity index (χ0n) is 22.2. The highest BCUT2D eigenvalue weighted by Crippen LogP contribution is 2.37. The summed E-state index contributed by atoms with van der Waals surface area (Å²) in [4.78, 5) is 36.9. The number of furan rings is 1. The smallest absolute Gasteiger partial charge is 0.219 e. The summed E-state index contributed by atoms with van der Waals surface area (Å²) in [7, 11) is 1.68. The van der Waals surface area contributed by atoms with Crippen LogP contribution >= 0.6 is 11.6 Å². The fourth-order valence-electron chi connectivity index (χ4n) is 4.33. The Balaban J connectivity index is 2.29. The molecule has 0 fully saturated rings. The predicted octanol–water partition coefficient (Wildman–Crippen LogP) is 5.80. The van der Waals surface area contributed by atoms with Gasteiger partial charge in [-0.25, -0.2) is 4.98 Å². The second kappa shape index (κ2) is 13.6. The molecule has 0 saturated carbocycles. The van der Waals surface area contributed by atoms with Crippen LogP contribution in [0.25, 0.3) is 11.5 Å². The van der Waals surface area contributed by atoms with Crippen molar-refractivity contribution in [3.63, 3.8) is 0 Å². The third-order valence-corrected chi connectivity index (χ3v) is 6.48. The minimum Gasteiger partial charge on any atom is -0.463 e. The van der Waals surface area contributed by atoms with Crippen molar-refractivity contribution in [2.24, 2.45) is 4.99 Å². The van der Waals surface area contributed by atoms with Crippen LogP contribution < -0.4 is 10.2 Å². The number of amides is 2. The number of aliphatic imine (C=N–C) groups is 1. The Labute approximate surface area is 229 Å². The van der Waals surface area contributed by atoms with Gasteiger partial charge in [-0.1, -0.05) is 49.7 Å². The van der Waals surface area contributed by atoms with E-state index in [1.165, 1.54) is 4.90 Å². The quantitative estimate of drug-likeness (QED) is 0.129. The predicted molar refractivity (Wildman–Crippen MR) is 153 cm³/mol. The number of halogens is 1. The Morgan fingerprint density at radius 1 is 1.21 bits per heavy atom. The van der Waals surface area contributed by atoms with Crippen molar-refractivity contribution in [1.29, 1.82) is 0 Å². The molecule has 0 spiro atoms. The Morgan fingerprint density at radius 3 is 2.58 bits per heavy atom. The maximum absolute atomic E-state index is 12.8. The van der Waals surface area contributed by atoms with Crippen molar-refractivity contribution >= 4 is 41.8 Å². The number of carbonyl (C=O) groups is 2. The van der Waals surface area contributed by atoms with E-state index in [4.69, 9.17) is 21.0 Å². The molecule has 8 nitrogen and oxygen atoms in total. The van der Waals surface area contributed by atoms with Crippen LogP contribution in [0, 0.1) is 0 Å². The van der Waals surface area contributed by atoms with E-state index in [0.29, 0.717) is 65.3 Å². The summed E-state index contributed by atoms with van der Waals surface area (Å²) in [6, 6.07) is 12.9. The number of carbonyl (C=O) groups excluding carboxylic acids is 2. The average molecular weight is 536 g/mol. The molecule has 2 heterocycles. The molecule has 0 aliphatic carbocycles. The van der Waals surface area contributed by atoms with Crippen LogP contribution in [0.15, 0.2) is 70.8 Å². The number of benzene rings is 1. The fraction of sp³-hybridized carbons (Fsp3) is 0.310. The Hall–Kier alpha value is -3.91. The number of amidine groups is 1. The van der Waals surface area contributed by atoms with Crippen molar-refractivity contribution in [3.8, 4) is 11.5 Å². The van der Waals surface area contributed by atoms with Gasteiger partial charge in [0.1, 0.15) is 11.5 Å². The second-order valence-electron chi connectivity index (χ2n) is 9.05. The molecule has 0 bridgehead atoms. The van der Waals surface area contributed by atoms with Crippen LogP contribution in [0.2, 0.25) is 5.02 Å². The maximum atomic E-state index is 12.8. The number of anilines is 2. The molecule has 200 valence electrons. The molecule has 0 aliphatic heterocycles. The van der Waals surface area contributed by atoms with Crippen LogP contribution in [0.1, 0.15) is 44.2 Å². The van der Waals surface area contributed by atoms with Crippen LogP contribution in [0.4, 0.5) is 11.5 Å². The first-order valence-corrected chi connectivity index (χ1v) is 12.8. The zero-order valence-corrected chi connectivity index (χ0v) is 23.0. The number of rotatable bonds is 13. The maximum Gasteiger partial charge on any atom is 0.219 e. The first kappa shape index (κ1) is 28.7. The van der Waals surface area contributed by atoms with E-state index < -0.39 is 0 Å². The normalized spacial score (nSPS) is 12.2. The highest BCUT2D eigenvalue weighted by Gasteiger charge is 2.28. The molecule has 0 radical (unpaired) electrons. The number of hydrogen-bond acceptors (Lipinski definition) is 5. The number of nitrogens with zero attached hydrogens (tertiary/aromatic N) is 4. The van der Waals surface area contributed by atoms with Gasteiger partial charge in [0, 0.05) is 26.2 Å². The van der Waals surface area contributed by atoms with E-state index in [-0.39, 0.29) is 12.0 Å². The molecule has 2 aromatic heterocycles. The third kappa shape index (κ3) is 6.31. The first-order chi connectivity index (χ1) is 18.4. The Morgan fingerprint density at radius 2 is 1.97 bits per heavy atom. The summed E-state index contributed by atoms with van der Waals surface area (Å²) in [5.41, 5.74) is 2.68. The van der Waals surface area contributed by atoms with Gasteiger partial charge in [-0.3, -0.25) is 19.5 Å². The largest absolute Gasteiger partial charge is 0.463 e. The summed E-state index contributed by atoms with van der Waals surface area (Å²) in [5, 5.41) is 3.10. The SMILES string of the molecule is C=CCCN(C(=NC)c1cc(Cl)c(-c2ccco2)nc1N(C=O)c1ccccc1C(C)C)C(C)CNC=O. The minimum absolute atomic E-state index is 0.122. The summed E-state index contributed by atoms with van der Waals surface area (Å²) >= 11 is 6.76. The number of aromatic nitrogens is 1. The summed E-state index contributed by atoms with van der Waals surface area (Å²) < 4.78 is 5.60. The number of nitrogens with one attached hydrogen (secondary N) is 1. The second-order valence-corrected chi connectivity index (χ2v) is 9.46. The third-order valence-electron chi connectivity index (χ3n) is 6.19. The van der Waals surface area contributed by atoms with Crippen molar-refractivity contribution < 1.29 is 14.0 Å². The monoisotopic (exact) mass is 535 g/mol. The van der Waals surface area contributed by atoms with Gasteiger partial charge in [0.25, 0.3) is 0 Å². The van der Waals surface area contributed by atoms with Gasteiger partial charge in [-0.05, 0) is 49.1 Å². The van der Waals surface area contributed by atoms with Crippen LogP contribution in [-0.4, -0.2) is 54.7 Å². The number of para-hydroxylation sites is 1. The molecule has 1 atom stereocenters. The molecule has 2 amide bonds. The molecule has 1 N–H and O–H groups in total. The molecule has 1 unspecified atom stereocenters. The molecule has 3 aromatic rings. The lowest BCUT2D eigenvalue weighted by Gasteiger charge is -2.33. The van der Waals surface area contributed by atoms with E-state index >= 15 is 0 Å². The summed E-state index contributed by atoms with van der Waals surface area (Å²) in [5.74, 6) is 1.58. The molecule has 0 saturated heterocycles. The van der Waals surface area contributed by atoms with Gasteiger partial charge >= 0.3 is 0 Å². The molecular formula is C29H34ClN5O3. The molecular weight excluding hydrogens is 502 g/mol. The molecule has 3 rings (SSSR count). The van der Waals surface area contributed by atoms with Crippen LogP contribution in [0.3, 0.4) is 0 Å². The van der Waals surface area contributed by atoms with E-state index in [2.05, 4.69) is 35.6 Å². The standard InChI is InChI=1S/C29H34ClN5O3/c1-6-7-14-34(21(4)17-32-18-36)28(31-5)23-16-24(30)27(26-13-10-15-38-26)33-29(23)35(19-37)25-12-9-8-11-22(25)20(2)3/h6,8-13,15-16,18-21H,1,7,14,17H2,2-5H3,(H,32,36). The van der Waals surface area contributed by atoms with Gasteiger partial charge < -0.3 is 14.6 Å². The van der Waals surface area contributed by atoms with Crippen molar-refractivity contribution in [1.82, 2.24) is 15.2 Å². The average Bonchev–Trinajstić information content (AvgIpc) is 3.45. The van der Waals surface area contributed by atoms with Crippen LogP contribution in [-0.2, 0) is 9.59 Å². The van der Waals surface area contributed by atoms with Crippen molar-refractivity contribution in [3.05, 3.63) is 77.5 Å². The van der Waals surface area contributed by atoms with Crippen molar-refractivity contribution in [2.75, 3.05) is 25.0 Å². The van der Waals surface area contributed by atoms with Gasteiger partial charge in [0.15, 0.2) is 11.6 Å². The fourth-order valence-corrected chi connectivity index (χ4v) is 4.57. The first-order valence-electron chi connectivity index (χ1n) is 12.5. The zero-order chi connectivity index (χ0) is 27.7. The van der Waals surface area contributed by atoms with Gasteiger partial charge in [0.05, 0.1) is 22.5 Å². The topological polar surface area (TPSA) is 91.0 Å². The lowest BCUT2D eigenvalue weighted by Crippen LogP contribution is -2.45. The highest BCUT2D eigenvalue weighted by atomic mass is 35.5. The summed E-state index contributed by atoms with van der Waals surface area (Å²) in [6.07, 6.45) is 5.47. The van der Waals surface area contributed by atoms with Gasteiger partial charge in [-0.15, -0.1) is 6.58 Å². The van der Waals surface area contributed by atoms with E-state index in [9.17, 15) is 9.59 Å². The van der Waals surface area contributed by atoms with E-state index in [1.807, 2.05) is 37.3 Å². The molecule has 0 aliphatic rings. The van der Waals surface area contributed by atoms with E-state index in [1.54, 1.807) is 31.5 Å². The lowest BCUT2D eigenvalue weighted by molar-refractivity contribution is -0.109. The lowest BCUT2D eigenvalue weighted by atomic mass is 10.00. The highest BCUT2D eigenvalue weighted by molar-refractivity contribution is 6.33. The van der Waals surface area contributed by atoms with Gasteiger partial charge in [-0.2, -0.15) is 0 Å². The minimum atomic E-state index is -0.122. The Bertz CT molecular complexity index is 1270. The summed E-state index contributed by atoms with van der Waals surface area (Å²) in [6.45, 7) is 11.0. The van der Waals surface area contributed by atoms with Gasteiger partial charge in [0.2, 0.25) is 12.8 Å². The van der Waals surface area contributed by atoms with E-state index in [0.717, 1.165) is 12.0 Å². The molecule has 1 aromatic carbocycles. The molecule has 9 heteroatoms. The number of hydrogen-bond donors (Lipinski definition) is 1. The number of pyridine rings is 1. The van der Waals surface area contributed by atoms with Crippen molar-refractivity contribution in [2.45, 2.75) is 39.2 Å². The Kier molecular flexibility index (Phi) is 10.2.